The van der Waals surface area contributed by atoms with Crippen LogP contribution >= 0.6 is 0 Å². The number of aliphatic hydroxyl groups is 1. The number of carbonyl (C=O) groups excluding carboxylic acids is 1. The topological polar surface area (TPSA) is 74.0 Å². The Morgan fingerprint density at radius 3 is 2.80 bits per heavy atom. The van der Waals surface area contributed by atoms with Crippen molar-refractivity contribution in [3.05, 3.63) is 58.4 Å². The SMILES string of the molecule is Cc1cn2nc(C3CCCCN3C(=O)c3cccc4c3CCCC4)cc2nc1N1CC(C)C(O)C1. The fourth-order valence-corrected chi connectivity index (χ4v) is 6.24. The molecule has 3 atom stereocenters. The number of β-amino-alcohol motifs (C(OH)–C–C–N with tert-alkyl or cyclic N) is 1. The van der Waals surface area contributed by atoms with E-state index < -0.39 is 0 Å². The maximum Gasteiger partial charge on any atom is 0.254 e. The van der Waals surface area contributed by atoms with Crippen LogP contribution in [-0.4, -0.2) is 56.2 Å². The van der Waals surface area contributed by atoms with Crippen LogP contribution in [0.4, 0.5) is 5.82 Å². The fraction of sp³-hybridized carbons (Fsp3) is 0.536. The lowest BCUT2D eigenvalue weighted by atomic mass is 9.87. The standard InChI is InChI=1S/C28H35N5O2/c1-18-15-31(17-25(18)34)27-19(2)16-33-26(29-27)14-23(30-33)24-12-5-6-13-32(24)28(35)22-11-7-9-20-8-3-4-10-21(20)22/h7,9,11,14,16,18,24-25,34H,3-6,8,10,12-13,15,17H2,1-2H3. The number of hydrogen-bond donors (Lipinski definition) is 1. The lowest BCUT2D eigenvalue weighted by Crippen LogP contribution is -2.39. The number of aryl methyl sites for hydroxylation is 2. The first-order chi connectivity index (χ1) is 17.0. The number of aliphatic hydroxyl groups excluding tert-OH is 1. The highest BCUT2D eigenvalue weighted by molar-refractivity contribution is 5.96. The van der Waals surface area contributed by atoms with Gasteiger partial charge in [0, 0.05) is 48.9 Å². The number of fused-ring (bicyclic) bond motifs is 2. The average Bonchev–Trinajstić information content (AvgIpc) is 3.44. The zero-order valence-corrected chi connectivity index (χ0v) is 20.8. The molecule has 184 valence electrons. The van der Waals surface area contributed by atoms with Gasteiger partial charge in [0.05, 0.1) is 17.8 Å². The summed E-state index contributed by atoms with van der Waals surface area (Å²) in [5.41, 5.74) is 6.24. The molecule has 2 saturated heterocycles. The quantitative estimate of drug-likeness (QED) is 0.620. The number of nitrogens with zero attached hydrogens (tertiary/aromatic N) is 5. The van der Waals surface area contributed by atoms with E-state index in [2.05, 4.69) is 28.9 Å². The average molecular weight is 474 g/mol. The third-order valence-electron chi connectivity index (χ3n) is 8.23. The molecule has 2 aromatic heterocycles. The van der Waals surface area contributed by atoms with Crippen LogP contribution in [0.15, 0.2) is 30.5 Å². The predicted molar refractivity (Wildman–Crippen MR) is 136 cm³/mol. The maximum absolute atomic E-state index is 13.9. The highest BCUT2D eigenvalue weighted by atomic mass is 16.3. The minimum Gasteiger partial charge on any atom is -0.391 e. The van der Waals surface area contributed by atoms with Gasteiger partial charge in [0.2, 0.25) is 0 Å². The summed E-state index contributed by atoms with van der Waals surface area (Å²) in [5, 5.41) is 15.1. The first-order valence-corrected chi connectivity index (χ1v) is 13.2. The molecular formula is C28H35N5O2. The molecule has 1 amide bonds. The van der Waals surface area contributed by atoms with Crippen molar-refractivity contribution >= 4 is 17.4 Å². The van der Waals surface area contributed by atoms with Crippen LogP contribution in [0.5, 0.6) is 0 Å². The third-order valence-corrected chi connectivity index (χ3v) is 8.23. The molecule has 0 radical (unpaired) electrons. The summed E-state index contributed by atoms with van der Waals surface area (Å²) in [5.74, 6) is 1.30. The van der Waals surface area contributed by atoms with Gasteiger partial charge in [0.25, 0.3) is 5.91 Å². The molecule has 0 saturated carbocycles. The molecule has 2 aliphatic heterocycles. The number of rotatable bonds is 3. The van der Waals surface area contributed by atoms with Gasteiger partial charge in [-0.15, -0.1) is 0 Å². The van der Waals surface area contributed by atoms with E-state index in [0.29, 0.717) is 6.54 Å². The minimum atomic E-state index is -0.321. The molecule has 7 nitrogen and oxygen atoms in total. The summed E-state index contributed by atoms with van der Waals surface area (Å²) in [4.78, 5) is 23.0. The van der Waals surface area contributed by atoms with Gasteiger partial charge in [-0.2, -0.15) is 5.10 Å². The highest BCUT2D eigenvalue weighted by Crippen LogP contribution is 2.34. The largest absolute Gasteiger partial charge is 0.391 e. The number of aromatic nitrogens is 3. The van der Waals surface area contributed by atoms with Crippen molar-refractivity contribution in [3.63, 3.8) is 0 Å². The van der Waals surface area contributed by atoms with Gasteiger partial charge in [-0.3, -0.25) is 4.79 Å². The Hall–Kier alpha value is -2.93. The summed E-state index contributed by atoms with van der Waals surface area (Å²) in [6, 6.07) is 8.27. The number of piperidine rings is 1. The lowest BCUT2D eigenvalue weighted by molar-refractivity contribution is 0.0604. The van der Waals surface area contributed by atoms with Gasteiger partial charge >= 0.3 is 0 Å². The summed E-state index contributed by atoms with van der Waals surface area (Å²) in [6.45, 7) is 6.31. The Balaban J connectivity index is 1.32. The van der Waals surface area contributed by atoms with Crippen molar-refractivity contribution in [2.45, 2.75) is 70.9 Å². The zero-order valence-electron chi connectivity index (χ0n) is 20.8. The van der Waals surface area contributed by atoms with Gasteiger partial charge < -0.3 is 14.9 Å². The normalized spacial score (nSPS) is 24.7. The van der Waals surface area contributed by atoms with Crippen LogP contribution < -0.4 is 4.90 Å². The number of anilines is 1. The highest BCUT2D eigenvalue weighted by Gasteiger charge is 2.33. The Labute approximate surface area is 206 Å². The van der Waals surface area contributed by atoms with Crippen LogP contribution in [0.25, 0.3) is 5.65 Å². The molecule has 6 rings (SSSR count). The zero-order chi connectivity index (χ0) is 24.1. The third kappa shape index (κ3) is 3.99. The molecule has 3 aromatic rings. The molecule has 1 aromatic carbocycles. The molecule has 4 heterocycles. The summed E-state index contributed by atoms with van der Waals surface area (Å²) in [6.07, 6.45) is 9.20. The molecule has 0 bridgehead atoms. The van der Waals surface area contributed by atoms with E-state index in [-0.39, 0.29) is 24.0 Å². The smallest absolute Gasteiger partial charge is 0.254 e. The van der Waals surface area contributed by atoms with Gasteiger partial charge in [0.1, 0.15) is 5.82 Å². The lowest BCUT2D eigenvalue weighted by Gasteiger charge is -2.35. The Morgan fingerprint density at radius 1 is 1.11 bits per heavy atom. The number of hydrogen-bond acceptors (Lipinski definition) is 5. The van der Waals surface area contributed by atoms with Crippen molar-refractivity contribution < 1.29 is 9.90 Å². The molecular weight excluding hydrogens is 438 g/mol. The molecule has 2 fully saturated rings. The molecule has 35 heavy (non-hydrogen) atoms. The minimum absolute atomic E-state index is 0.0326. The fourth-order valence-electron chi connectivity index (χ4n) is 6.24. The van der Waals surface area contributed by atoms with E-state index in [1.807, 2.05) is 29.8 Å². The maximum atomic E-state index is 13.9. The summed E-state index contributed by atoms with van der Waals surface area (Å²) >= 11 is 0. The second-order valence-corrected chi connectivity index (χ2v) is 10.7. The summed E-state index contributed by atoms with van der Waals surface area (Å²) < 4.78 is 1.85. The molecule has 3 unspecified atom stereocenters. The van der Waals surface area contributed by atoms with Crippen LogP contribution in [0, 0.1) is 12.8 Å². The van der Waals surface area contributed by atoms with E-state index in [1.54, 1.807) is 0 Å². The van der Waals surface area contributed by atoms with E-state index in [1.165, 1.54) is 17.5 Å². The van der Waals surface area contributed by atoms with Gasteiger partial charge in [-0.25, -0.2) is 9.50 Å². The first-order valence-electron chi connectivity index (χ1n) is 13.2. The van der Waals surface area contributed by atoms with E-state index in [9.17, 15) is 9.90 Å². The molecule has 0 spiro atoms. The van der Waals surface area contributed by atoms with Crippen molar-refractivity contribution in [2.24, 2.45) is 5.92 Å². The van der Waals surface area contributed by atoms with Crippen LogP contribution in [0.3, 0.4) is 0 Å². The Morgan fingerprint density at radius 2 is 1.97 bits per heavy atom. The second-order valence-electron chi connectivity index (χ2n) is 10.7. The van der Waals surface area contributed by atoms with E-state index in [0.717, 1.165) is 79.9 Å². The monoisotopic (exact) mass is 473 g/mol. The Kier molecular flexibility index (Phi) is 5.75. The van der Waals surface area contributed by atoms with Crippen LogP contribution in [0.1, 0.15) is 77.8 Å². The van der Waals surface area contributed by atoms with Crippen molar-refractivity contribution in [3.8, 4) is 0 Å². The molecule has 3 aliphatic rings. The first kappa shape index (κ1) is 22.5. The molecule has 1 N–H and O–H groups in total. The second kappa shape index (κ2) is 8.94. The van der Waals surface area contributed by atoms with E-state index in [4.69, 9.17) is 10.1 Å². The van der Waals surface area contributed by atoms with Gasteiger partial charge in [0.15, 0.2) is 5.65 Å². The van der Waals surface area contributed by atoms with Crippen molar-refractivity contribution in [1.82, 2.24) is 19.5 Å². The van der Waals surface area contributed by atoms with E-state index >= 15 is 0 Å². The van der Waals surface area contributed by atoms with Crippen LogP contribution in [0.2, 0.25) is 0 Å². The van der Waals surface area contributed by atoms with Crippen molar-refractivity contribution in [1.29, 1.82) is 0 Å². The summed E-state index contributed by atoms with van der Waals surface area (Å²) in [7, 11) is 0. The number of likely N-dealkylation sites (tertiary alicyclic amines) is 1. The predicted octanol–water partition coefficient (Wildman–Crippen LogP) is 4.10. The van der Waals surface area contributed by atoms with Gasteiger partial charge in [-0.1, -0.05) is 19.1 Å². The van der Waals surface area contributed by atoms with Gasteiger partial charge in [-0.05, 0) is 69.1 Å². The number of carbonyl (C=O) groups is 1. The number of amides is 1. The molecule has 1 aliphatic carbocycles. The van der Waals surface area contributed by atoms with Crippen LogP contribution in [-0.2, 0) is 12.8 Å². The Bertz CT molecular complexity index is 1260. The van der Waals surface area contributed by atoms with Crippen molar-refractivity contribution in [2.75, 3.05) is 24.5 Å². The molecule has 7 heteroatoms. The number of benzene rings is 1.